The molecule has 0 saturated heterocycles. The first-order valence-corrected chi connectivity index (χ1v) is 9.50. The molecule has 0 spiro atoms. The van der Waals surface area contributed by atoms with Crippen molar-refractivity contribution in [3.05, 3.63) is 30.3 Å². The molecule has 4 bridgehead atoms. The van der Waals surface area contributed by atoms with Crippen LogP contribution in [0.4, 0.5) is 4.79 Å². The van der Waals surface area contributed by atoms with Crippen molar-refractivity contribution in [3.8, 4) is 5.75 Å². The van der Waals surface area contributed by atoms with E-state index in [0.29, 0.717) is 19.2 Å². The lowest BCUT2D eigenvalue weighted by Gasteiger charge is -2.54. The average molecular weight is 328 g/mol. The molecule has 5 rings (SSSR count). The summed E-state index contributed by atoms with van der Waals surface area (Å²) >= 11 is 0. The summed E-state index contributed by atoms with van der Waals surface area (Å²) in [4.78, 5) is 12.2. The Labute approximate surface area is 144 Å². The van der Waals surface area contributed by atoms with Crippen LogP contribution < -0.4 is 15.4 Å². The van der Waals surface area contributed by atoms with Gasteiger partial charge in [-0.15, -0.1) is 0 Å². The first kappa shape index (κ1) is 15.8. The zero-order valence-corrected chi connectivity index (χ0v) is 14.2. The molecular formula is C20H28N2O2. The van der Waals surface area contributed by atoms with E-state index in [9.17, 15) is 4.79 Å². The molecule has 4 aliphatic rings. The van der Waals surface area contributed by atoms with Crippen molar-refractivity contribution in [1.29, 1.82) is 0 Å². The molecule has 1 aromatic carbocycles. The third-order valence-electron chi connectivity index (χ3n) is 6.14. The fourth-order valence-electron chi connectivity index (χ4n) is 5.34. The number of para-hydroxylation sites is 1. The zero-order chi connectivity index (χ0) is 16.4. The molecule has 4 nitrogen and oxygen atoms in total. The molecule has 0 aliphatic heterocycles. The Kier molecular flexibility index (Phi) is 4.63. The summed E-state index contributed by atoms with van der Waals surface area (Å²) in [6.07, 6.45) is 7.62. The standard InChI is InChI=1S/C20H28N2O2/c23-20(21-7-4-8-24-18-5-2-1-3-6-18)22-19-16-10-14-9-15(12-16)13-17(19)11-14/h1-3,5-6,14-17,19H,4,7-13H2,(H2,21,22,23). The van der Waals surface area contributed by atoms with Crippen LogP contribution in [0, 0.1) is 23.7 Å². The van der Waals surface area contributed by atoms with E-state index >= 15 is 0 Å². The number of carbonyl (C=O) groups excluding carboxylic acids is 1. The third-order valence-corrected chi connectivity index (χ3v) is 6.14. The largest absolute Gasteiger partial charge is 0.494 e. The molecule has 0 atom stereocenters. The van der Waals surface area contributed by atoms with E-state index in [1.165, 1.54) is 32.1 Å². The van der Waals surface area contributed by atoms with Crippen LogP contribution in [0.25, 0.3) is 0 Å². The lowest BCUT2D eigenvalue weighted by atomic mass is 9.54. The van der Waals surface area contributed by atoms with Gasteiger partial charge in [0.25, 0.3) is 0 Å². The molecule has 4 fully saturated rings. The second kappa shape index (κ2) is 7.04. The minimum atomic E-state index is 0.00665. The molecule has 4 heteroatoms. The predicted octanol–water partition coefficient (Wildman–Crippen LogP) is 3.58. The molecule has 0 aromatic heterocycles. The number of rotatable bonds is 6. The summed E-state index contributed by atoms with van der Waals surface area (Å²) in [5.74, 6) is 4.24. The van der Waals surface area contributed by atoms with E-state index in [4.69, 9.17) is 4.74 Å². The summed E-state index contributed by atoms with van der Waals surface area (Å²) in [7, 11) is 0. The molecule has 0 radical (unpaired) electrons. The monoisotopic (exact) mass is 328 g/mol. The van der Waals surface area contributed by atoms with Gasteiger partial charge in [-0.05, 0) is 74.3 Å². The van der Waals surface area contributed by atoms with Crippen LogP contribution in [0.15, 0.2) is 30.3 Å². The second-order valence-electron chi connectivity index (χ2n) is 7.87. The number of nitrogens with one attached hydrogen (secondary N) is 2. The molecule has 0 heterocycles. The van der Waals surface area contributed by atoms with E-state index in [2.05, 4.69) is 10.6 Å². The van der Waals surface area contributed by atoms with Crippen molar-refractivity contribution in [2.24, 2.45) is 23.7 Å². The number of hydrogen-bond acceptors (Lipinski definition) is 2. The van der Waals surface area contributed by atoms with Gasteiger partial charge in [-0.2, -0.15) is 0 Å². The Morgan fingerprint density at radius 3 is 2.33 bits per heavy atom. The Bertz CT molecular complexity index is 532. The molecule has 2 N–H and O–H groups in total. The van der Waals surface area contributed by atoms with Crippen LogP contribution in [0.5, 0.6) is 5.75 Å². The van der Waals surface area contributed by atoms with E-state index in [1.54, 1.807) is 0 Å². The van der Waals surface area contributed by atoms with Crippen LogP contribution in [-0.2, 0) is 0 Å². The maximum Gasteiger partial charge on any atom is 0.315 e. The zero-order valence-electron chi connectivity index (χ0n) is 14.2. The van der Waals surface area contributed by atoms with Gasteiger partial charge in [0.15, 0.2) is 0 Å². The maximum absolute atomic E-state index is 12.2. The second-order valence-corrected chi connectivity index (χ2v) is 7.87. The lowest BCUT2D eigenvalue weighted by molar-refractivity contribution is -0.00941. The molecule has 0 unspecified atom stereocenters. The van der Waals surface area contributed by atoms with Gasteiger partial charge in [0.1, 0.15) is 5.75 Å². The molecule has 2 amide bonds. The summed E-state index contributed by atoms with van der Waals surface area (Å²) in [5, 5.41) is 6.28. The van der Waals surface area contributed by atoms with Crippen molar-refractivity contribution in [1.82, 2.24) is 10.6 Å². The highest BCUT2D eigenvalue weighted by atomic mass is 16.5. The van der Waals surface area contributed by atoms with Gasteiger partial charge in [-0.1, -0.05) is 18.2 Å². The number of amides is 2. The normalized spacial score (nSPS) is 33.2. The molecule has 1 aromatic rings. The van der Waals surface area contributed by atoms with E-state index < -0.39 is 0 Å². The van der Waals surface area contributed by atoms with Crippen molar-refractivity contribution < 1.29 is 9.53 Å². The minimum absolute atomic E-state index is 0.00665. The summed E-state index contributed by atoms with van der Waals surface area (Å²) in [6.45, 7) is 1.29. The van der Waals surface area contributed by atoms with Crippen LogP contribution in [0.1, 0.15) is 38.5 Å². The van der Waals surface area contributed by atoms with Gasteiger partial charge in [-0.3, -0.25) is 0 Å². The van der Waals surface area contributed by atoms with E-state index in [1.807, 2.05) is 30.3 Å². The number of hydrogen-bond donors (Lipinski definition) is 2. The fraction of sp³-hybridized carbons (Fsp3) is 0.650. The van der Waals surface area contributed by atoms with Crippen LogP contribution in [-0.4, -0.2) is 25.2 Å². The predicted molar refractivity (Wildman–Crippen MR) is 93.9 cm³/mol. The van der Waals surface area contributed by atoms with Crippen LogP contribution in [0.3, 0.4) is 0 Å². The number of ether oxygens (including phenoxy) is 1. The smallest absolute Gasteiger partial charge is 0.315 e. The summed E-state index contributed by atoms with van der Waals surface area (Å²) < 4.78 is 5.64. The topological polar surface area (TPSA) is 50.4 Å². The lowest BCUT2D eigenvalue weighted by Crippen LogP contribution is -2.57. The number of urea groups is 1. The SMILES string of the molecule is O=C(NCCCOc1ccccc1)NC1C2CC3CC(C2)CC1C3. The molecule has 24 heavy (non-hydrogen) atoms. The Morgan fingerprint density at radius 1 is 1.00 bits per heavy atom. The van der Waals surface area contributed by atoms with Crippen LogP contribution >= 0.6 is 0 Å². The van der Waals surface area contributed by atoms with Gasteiger partial charge in [0, 0.05) is 12.6 Å². The number of benzene rings is 1. The number of carbonyl (C=O) groups is 1. The molecule has 130 valence electrons. The summed E-state index contributed by atoms with van der Waals surface area (Å²) in [5.41, 5.74) is 0. The van der Waals surface area contributed by atoms with Gasteiger partial charge < -0.3 is 15.4 Å². The van der Waals surface area contributed by atoms with E-state index in [0.717, 1.165) is 35.8 Å². The first-order valence-electron chi connectivity index (χ1n) is 9.50. The maximum atomic E-state index is 12.2. The Hall–Kier alpha value is -1.71. The van der Waals surface area contributed by atoms with Crippen LogP contribution in [0.2, 0.25) is 0 Å². The van der Waals surface area contributed by atoms with Gasteiger partial charge >= 0.3 is 6.03 Å². The molecule has 4 saturated carbocycles. The van der Waals surface area contributed by atoms with Crippen molar-refractivity contribution in [3.63, 3.8) is 0 Å². The fourth-order valence-corrected chi connectivity index (χ4v) is 5.34. The Morgan fingerprint density at radius 2 is 1.67 bits per heavy atom. The highest BCUT2D eigenvalue weighted by Crippen LogP contribution is 2.53. The first-order chi connectivity index (χ1) is 11.8. The Balaban J connectivity index is 1.15. The average Bonchev–Trinajstić information content (AvgIpc) is 2.58. The highest BCUT2D eigenvalue weighted by molar-refractivity contribution is 5.74. The van der Waals surface area contributed by atoms with Gasteiger partial charge in [0.2, 0.25) is 0 Å². The van der Waals surface area contributed by atoms with Gasteiger partial charge in [0.05, 0.1) is 6.61 Å². The van der Waals surface area contributed by atoms with Crippen molar-refractivity contribution in [2.75, 3.05) is 13.2 Å². The summed E-state index contributed by atoms with van der Waals surface area (Å²) in [6, 6.07) is 10.2. The van der Waals surface area contributed by atoms with Gasteiger partial charge in [-0.25, -0.2) is 4.79 Å². The minimum Gasteiger partial charge on any atom is -0.494 e. The van der Waals surface area contributed by atoms with Crippen molar-refractivity contribution >= 4 is 6.03 Å². The molecular weight excluding hydrogens is 300 g/mol. The van der Waals surface area contributed by atoms with E-state index in [-0.39, 0.29) is 6.03 Å². The molecule has 4 aliphatic carbocycles. The highest BCUT2D eigenvalue weighted by Gasteiger charge is 2.48. The third kappa shape index (κ3) is 3.52. The quantitative estimate of drug-likeness (QED) is 0.784. The van der Waals surface area contributed by atoms with Crippen molar-refractivity contribution in [2.45, 2.75) is 44.6 Å².